The van der Waals surface area contributed by atoms with Gasteiger partial charge in [-0.05, 0) is 65.1 Å². The number of benzene rings is 2. The summed E-state index contributed by atoms with van der Waals surface area (Å²) < 4.78 is 34.9. The number of ether oxygens (including phenoxy) is 1. The lowest BCUT2D eigenvalue weighted by molar-refractivity contribution is 0.102. The minimum absolute atomic E-state index is 0.0345. The highest BCUT2D eigenvalue weighted by Crippen LogP contribution is 2.34. The van der Waals surface area contributed by atoms with Crippen molar-refractivity contribution >= 4 is 51.6 Å². The van der Waals surface area contributed by atoms with Gasteiger partial charge in [-0.2, -0.15) is 0 Å². The van der Waals surface area contributed by atoms with Gasteiger partial charge in [-0.15, -0.1) is 0 Å². The smallest absolute Gasteiger partial charge is 0.269 e. The van der Waals surface area contributed by atoms with Crippen LogP contribution in [0.5, 0.6) is 11.5 Å². The van der Waals surface area contributed by atoms with Crippen LogP contribution in [0, 0.1) is 15.2 Å². The summed E-state index contributed by atoms with van der Waals surface area (Å²) in [5.74, 6) is -1.97. The highest BCUT2D eigenvalue weighted by Gasteiger charge is 2.19. The number of carbonyl (C=O) groups excluding carboxylic acids is 1. The predicted molar refractivity (Wildman–Crippen MR) is 133 cm³/mol. The average molecular weight is 595 g/mol. The zero-order valence-electron chi connectivity index (χ0n) is 17.1. The molecular weight excluding hydrogens is 581 g/mol. The van der Waals surface area contributed by atoms with E-state index in [1.54, 1.807) is 6.07 Å². The van der Waals surface area contributed by atoms with E-state index in [9.17, 15) is 18.4 Å². The fourth-order valence-electron chi connectivity index (χ4n) is 3.02. The molecule has 0 spiro atoms. The lowest BCUT2D eigenvalue weighted by Crippen LogP contribution is -2.29. The van der Waals surface area contributed by atoms with E-state index < -0.39 is 23.1 Å². The standard InChI is InChI=1S/C23H14ClF2IN4O3/c24-20-18(7-9-29-21(20)28)34-17-6-3-13(11-15(17)26)30-22(32)19-16(27)8-10-31(23(19)33)14-4-1-12(25)2-5-14/h1-11H,(H2,28,29)(H,30,32). The molecule has 0 fully saturated rings. The first-order valence-corrected chi connectivity index (χ1v) is 11.1. The number of pyridine rings is 2. The Balaban J connectivity index is 1.59. The fraction of sp³-hybridized carbons (Fsp3) is 0. The molecule has 2 aromatic carbocycles. The van der Waals surface area contributed by atoms with Crippen LogP contribution in [0.1, 0.15) is 10.4 Å². The van der Waals surface area contributed by atoms with Crippen molar-refractivity contribution in [3.05, 3.63) is 103 Å². The van der Waals surface area contributed by atoms with Gasteiger partial charge in [0.1, 0.15) is 22.2 Å². The maximum absolute atomic E-state index is 14.6. The van der Waals surface area contributed by atoms with Gasteiger partial charge < -0.3 is 15.8 Å². The van der Waals surface area contributed by atoms with E-state index in [0.29, 0.717) is 9.26 Å². The molecule has 3 N–H and O–H groups in total. The van der Waals surface area contributed by atoms with Crippen LogP contribution >= 0.6 is 34.2 Å². The van der Waals surface area contributed by atoms with Gasteiger partial charge in [-0.3, -0.25) is 14.2 Å². The lowest BCUT2D eigenvalue weighted by Gasteiger charge is -2.12. The Labute approximate surface area is 210 Å². The second-order valence-corrected chi connectivity index (χ2v) is 8.44. The number of halogens is 4. The Morgan fingerprint density at radius 3 is 2.53 bits per heavy atom. The summed E-state index contributed by atoms with van der Waals surface area (Å²) in [5.41, 5.74) is 5.35. The Bertz CT molecular complexity index is 1460. The second-order valence-electron chi connectivity index (χ2n) is 6.90. The topological polar surface area (TPSA) is 99.2 Å². The lowest BCUT2D eigenvalue weighted by atomic mass is 10.2. The third kappa shape index (κ3) is 4.87. The van der Waals surface area contributed by atoms with Crippen LogP contribution in [-0.2, 0) is 0 Å². The molecule has 4 rings (SSSR count). The summed E-state index contributed by atoms with van der Waals surface area (Å²) in [5, 5.41) is 2.55. The predicted octanol–water partition coefficient (Wildman–Crippen LogP) is 5.40. The molecule has 0 unspecified atom stereocenters. The molecule has 0 aliphatic rings. The van der Waals surface area contributed by atoms with Crippen LogP contribution in [0.3, 0.4) is 0 Å². The zero-order chi connectivity index (χ0) is 24.4. The fourth-order valence-corrected chi connectivity index (χ4v) is 3.80. The van der Waals surface area contributed by atoms with Crippen LogP contribution in [0.15, 0.2) is 71.8 Å². The van der Waals surface area contributed by atoms with Crippen molar-refractivity contribution in [3.63, 3.8) is 0 Å². The molecule has 7 nitrogen and oxygen atoms in total. The van der Waals surface area contributed by atoms with Crippen molar-refractivity contribution in [1.82, 2.24) is 9.55 Å². The molecule has 2 heterocycles. The third-order valence-electron chi connectivity index (χ3n) is 4.66. The molecule has 0 aliphatic carbocycles. The van der Waals surface area contributed by atoms with Crippen LogP contribution in [0.25, 0.3) is 5.69 Å². The van der Waals surface area contributed by atoms with Crippen molar-refractivity contribution in [1.29, 1.82) is 0 Å². The van der Waals surface area contributed by atoms with Gasteiger partial charge >= 0.3 is 0 Å². The first-order chi connectivity index (χ1) is 16.2. The number of hydrogen-bond donors (Lipinski definition) is 2. The largest absolute Gasteiger partial charge is 0.453 e. The number of rotatable bonds is 5. The van der Waals surface area contributed by atoms with Gasteiger partial charge in [-0.1, -0.05) is 11.6 Å². The molecular formula is C23H14ClF2IN4O3. The van der Waals surface area contributed by atoms with Crippen LogP contribution < -0.4 is 21.3 Å². The molecule has 34 heavy (non-hydrogen) atoms. The van der Waals surface area contributed by atoms with E-state index in [4.69, 9.17) is 22.1 Å². The second kappa shape index (κ2) is 9.77. The van der Waals surface area contributed by atoms with Gasteiger partial charge in [0.15, 0.2) is 17.3 Å². The first-order valence-electron chi connectivity index (χ1n) is 9.60. The highest BCUT2D eigenvalue weighted by molar-refractivity contribution is 14.1. The van der Waals surface area contributed by atoms with Crippen LogP contribution in [-0.4, -0.2) is 15.5 Å². The van der Waals surface area contributed by atoms with Gasteiger partial charge in [-0.25, -0.2) is 13.8 Å². The van der Waals surface area contributed by atoms with Crippen molar-refractivity contribution in [2.75, 3.05) is 11.1 Å². The van der Waals surface area contributed by atoms with Crippen molar-refractivity contribution < 1.29 is 18.3 Å². The van der Waals surface area contributed by atoms with Gasteiger partial charge in [0, 0.05) is 39.5 Å². The number of nitrogens with zero attached hydrogens (tertiary/aromatic N) is 2. The maximum Gasteiger partial charge on any atom is 0.269 e. The number of hydrogen-bond acceptors (Lipinski definition) is 5. The molecule has 0 radical (unpaired) electrons. The van der Waals surface area contributed by atoms with Crippen LogP contribution in [0.2, 0.25) is 5.02 Å². The molecule has 4 aromatic rings. The minimum Gasteiger partial charge on any atom is -0.453 e. The summed E-state index contributed by atoms with van der Waals surface area (Å²) >= 11 is 7.87. The summed E-state index contributed by atoms with van der Waals surface area (Å²) in [4.78, 5) is 29.7. The maximum atomic E-state index is 14.6. The van der Waals surface area contributed by atoms with Gasteiger partial charge in [0.25, 0.3) is 11.5 Å². The molecule has 11 heteroatoms. The molecule has 0 aliphatic heterocycles. The average Bonchev–Trinajstić information content (AvgIpc) is 2.79. The Hall–Kier alpha value is -3.51. The normalized spacial score (nSPS) is 10.7. The Morgan fingerprint density at radius 1 is 1.09 bits per heavy atom. The number of amides is 1. The SMILES string of the molecule is Nc1nccc(Oc2ccc(NC(=O)c3c(I)ccn(-c4ccc(F)cc4)c3=O)cc2F)c1Cl. The van der Waals surface area contributed by atoms with Gasteiger partial charge in [0.2, 0.25) is 0 Å². The van der Waals surface area contributed by atoms with Crippen molar-refractivity contribution in [2.45, 2.75) is 0 Å². The van der Waals surface area contributed by atoms with Gasteiger partial charge in [0.05, 0.1) is 0 Å². The molecule has 172 valence electrons. The Morgan fingerprint density at radius 2 is 1.82 bits per heavy atom. The van der Waals surface area contributed by atoms with E-state index in [0.717, 1.165) is 6.07 Å². The minimum atomic E-state index is -0.782. The van der Waals surface area contributed by atoms with Crippen molar-refractivity contribution in [3.8, 4) is 17.2 Å². The quantitative estimate of drug-likeness (QED) is 0.302. The molecule has 2 aromatic heterocycles. The Kier molecular flexibility index (Phi) is 6.80. The number of nitrogens with two attached hydrogens (primary N) is 1. The molecule has 0 atom stereocenters. The summed E-state index contributed by atoms with van der Waals surface area (Å²) in [7, 11) is 0. The monoisotopic (exact) mass is 594 g/mol. The molecule has 0 bridgehead atoms. The number of carbonyl (C=O) groups is 1. The van der Waals surface area contributed by atoms with Crippen molar-refractivity contribution in [2.24, 2.45) is 0 Å². The highest BCUT2D eigenvalue weighted by atomic mass is 127. The first kappa shape index (κ1) is 23.6. The van der Waals surface area contributed by atoms with E-state index in [-0.39, 0.29) is 33.6 Å². The number of nitrogen functional groups attached to an aromatic ring is 1. The zero-order valence-corrected chi connectivity index (χ0v) is 20.0. The van der Waals surface area contributed by atoms with E-state index in [1.807, 2.05) is 22.6 Å². The number of anilines is 2. The summed E-state index contributed by atoms with van der Waals surface area (Å²) in [6.45, 7) is 0. The molecule has 0 saturated carbocycles. The summed E-state index contributed by atoms with van der Waals surface area (Å²) in [6, 6.07) is 12.0. The molecule has 1 amide bonds. The van der Waals surface area contributed by atoms with E-state index in [1.165, 1.54) is 59.4 Å². The van der Waals surface area contributed by atoms with Crippen LogP contribution in [0.4, 0.5) is 20.3 Å². The third-order valence-corrected chi connectivity index (χ3v) is 5.94. The van der Waals surface area contributed by atoms with E-state index in [2.05, 4.69) is 10.3 Å². The number of nitrogens with one attached hydrogen (secondary N) is 1. The van der Waals surface area contributed by atoms with E-state index >= 15 is 0 Å². The summed E-state index contributed by atoms with van der Waals surface area (Å²) in [6.07, 6.45) is 2.85. The molecule has 0 saturated heterocycles. The number of aromatic nitrogens is 2.